The molecule has 0 saturated heterocycles. The Morgan fingerprint density at radius 2 is 1.71 bits per heavy atom. The zero-order chi connectivity index (χ0) is 20.1. The van der Waals surface area contributed by atoms with E-state index >= 15 is 0 Å². The number of aliphatic hydroxyl groups excluding tert-OH is 1. The van der Waals surface area contributed by atoms with Crippen molar-refractivity contribution in [2.75, 3.05) is 13.2 Å². The second-order valence-electron chi connectivity index (χ2n) is 7.76. The lowest BCUT2D eigenvalue weighted by molar-refractivity contribution is 0.286. The Labute approximate surface area is 168 Å². The number of aromatic nitrogens is 2. The predicted octanol–water partition coefficient (Wildman–Crippen LogP) is 5.05. The van der Waals surface area contributed by atoms with Crippen molar-refractivity contribution in [2.24, 2.45) is 0 Å². The minimum atomic E-state index is 0.199. The fraction of sp³-hybridized carbons (Fsp3) is 0.458. The van der Waals surface area contributed by atoms with Crippen LogP contribution in [0.1, 0.15) is 47.3 Å². The molecule has 4 nitrogen and oxygen atoms in total. The first-order chi connectivity index (χ1) is 13.5. The van der Waals surface area contributed by atoms with Crippen LogP contribution in [0.3, 0.4) is 0 Å². The summed E-state index contributed by atoms with van der Waals surface area (Å²) < 4.78 is 8.33. The molecule has 1 heterocycles. The lowest BCUT2D eigenvalue weighted by Gasteiger charge is -2.12. The number of ether oxygens (including phenoxy) is 1. The predicted molar refractivity (Wildman–Crippen MR) is 115 cm³/mol. The minimum Gasteiger partial charge on any atom is -0.493 e. The normalized spacial score (nSPS) is 11.3. The zero-order valence-corrected chi connectivity index (χ0v) is 17.6. The number of hydrogen-bond donors (Lipinski definition) is 1. The molecule has 0 atom stereocenters. The van der Waals surface area contributed by atoms with Gasteiger partial charge in [0.2, 0.25) is 0 Å². The van der Waals surface area contributed by atoms with Gasteiger partial charge in [0.1, 0.15) is 11.6 Å². The van der Waals surface area contributed by atoms with Crippen LogP contribution in [-0.4, -0.2) is 27.9 Å². The van der Waals surface area contributed by atoms with Crippen molar-refractivity contribution in [1.82, 2.24) is 9.55 Å². The Morgan fingerprint density at radius 1 is 0.929 bits per heavy atom. The van der Waals surface area contributed by atoms with E-state index in [4.69, 9.17) is 9.72 Å². The summed E-state index contributed by atoms with van der Waals surface area (Å²) in [5.41, 5.74) is 7.23. The second-order valence-corrected chi connectivity index (χ2v) is 7.76. The zero-order valence-electron chi connectivity index (χ0n) is 17.6. The topological polar surface area (TPSA) is 47.3 Å². The van der Waals surface area contributed by atoms with Gasteiger partial charge in [0.25, 0.3) is 0 Å². The molecule has 3 aromatic rings. The van der Waals surface area contributed by atoms with Gasteiger partial charge in [-0.1, -0.05) is 12.1 Å². The van der Waals surface area contributed by atoms with E-state index in [2.05, 4.69) is 62.6 Å². The number of unbranched alkanes of at least 4 members (excludes halogenated alkanes) is 1. The van der Waals surface area contributed by atoms with Crippen LogP contribution < -0.4 is 4.74 Å². The highest BCUT2D eigenvalue weighted by Gasteiger charge is 2.12. The van der Waals surface area contributed by atoms with Crippen LogP contribution in [-0.2, 0) is 13.0 Å². The third kappa shape index (κ3) is 4.74. The number of aliphatic hydroxyl groups is 1. The smallest absolute Gasteiger partial charge is 0.122 e. The summed E-state index contributed by atoms with van der Waals surface area (Å²) in [6.07, 6.45) is 3.59. The van der Waals surface area contributed by atoms with Crippen LogP contribution in [0.4, 0.5) is 0 Å². The molecule has 0 spiro atoms. The Balaban J connectivity index is 1.65. The van der Waals surface area contributed by atoms with Gasteiger partial charge in [0.15, 0.2) is 0 Å². The number of benzene rings is 2. The SMILES string of the molecule is Cc1ccc(C)c(OCCCCn2c(CCCO)nc3cc(C)c(C)cc32)c1. The Bertz CT molecular complexity index is 943. The van der Waals surface area contributed by atoms with Crippen molar-refractivity contribution in [3.8, 4) is 5.75 Å². The molecule has 0 radical (unpaired) electrons. The summed E-state index contributed by atoms with van der Waals surface area (Å²) in [6.45, 7) is 10.3. The number of rotatable bonds is 9. The largest absolute Gasteiger partial charge is 0.493 e. The van der Waals surface area contributed by atoms with E-state index in [0.29, 0.717) is 0 Å². The first kappa shape index (κ1) is 20.4. The molecule has 0 unspecified atom stereocenters. The Morgan fingerprint density at radius 3 is 2.50 bits per heavy atom. The minimum absolute atomic E-state index is 0.199. The molecule has 0 fully saturated rings. The second kappa shape index (κ2) is 9.24. The molecule has 1 aromatic heterocycles. The van der Waals surface area contributed by atoms with Gasteiger partial charge in [0.05, 0.1) is 17.6 Å². The molecule has 0 saturated carbocycles. The summed E-state index contributed by atoms with van der Waals surface area (Å²) in [6, 6.07) is 10.8. The van der Waals surface area contributed by atoms with E-state index in [0.717, 1.165) is 55.9 Å². The molecule has 3 rings (SSSR count). The maximum Gasteiger partial charge on any atom is 0.122 e. The van der Waals surface area contributed by atoms with Gasteiger partial charge in [-0.05, 0) is 87.4 Å². The van der Waals surface area contributed by atoms with E-state index in [1.54, 1.807) is 0 Å². The molecule has 0 bridgehead atoms. The third-order valence-corrected chi connectivity index (χ3v) is 5.38. The van der Waals surface area contributed by atoms with Crippen molar-refractivity contribution < 1.29 is 9.84 Å². The average molecular weight is 381 g/mol. The molecule has 0 aliphatic rings. The van der Waals surface area contributed by atoms with Crippen LogP contribution in [0, 0.1) is 27.7 Å². The maximum absolute atomic E-state index is 9.22. The number of hydrogen-bond acceptors (Lipinski definition) is 3. The van der Waals surface area contributed by atoms with E-state index in [-0.39, 0.29) is 6.61 Å². The number of aryl methyl sites for hydroxylation is 6. The van der Waals surface area contributed by atoms with E-state index in [1.807, 2.05) is 0 Å². The van der Waals surface area contributed by atoms with Crippen molar-refractivity contribution in [2.45, 2.75) is 59.9 Å². The molecule has 0 aliphatic heterocycles. The highest BCUT2D eigenvalue weighted by atomic mass is 16.5. The van der Waals surface area contributed by atoms with Crippen molar-refractivity contribution in [3.63, 3.8) is 0 Å². The van der Waals surface area contributed by atoms with Crippen LogP contribution in [0.5, 0.6) is 5.75 Å². The van der Waals surface area contributed by atoms with Crippen LogP contribution in [0.15, 0.2) is 30.3 Å². The summed E-state index contributed by atoms with van der Waals surface area (Å²) in [5.74, 6) is 2.06. The fourth-order valence-corrected chi connectivity index (χ4v) is 3.52. The highest BCUT2D eigenvalue weighted by molar-refractivity contribution is 5.78. The molecule has 2 aromatic carbocycles. The van der Waals surface area contributed by atoms with Crippen molar-refractivity contribution in [1.29, 1.82) is 0 Å². The van der Waals surface area contributed by atoms with Gasteiger partial charge >= 0.3 is 0 Å². The van der Waals surface area contributed by atoms with Crippen LogP contribution >= 0.6 is 0 Å². The molecule has 4 heteroatoms. The summed E-state index contributed by atoms with van der Waals surface area (Å²) in [5, 5.41) is 9.22. The van der Waals surface area contributed by atoms with E-state index in [9.17, 15) is 5.11 Å². The molecular formula is C24H32N2O2. The molecule has 28 heavy (non-hydrogen) atoms. The van der Waals surface area contributed by atoms with Crippen molar-refractivity contribution >= 4 is 11.0 Å². The molecule has 0 amide bonds. The third-order valence-electron chi connectivity index (χ3n) is 5.38. The number of fused-ring (bicyclic) bond motifs is 1. The van der Waals surface area contributed by atoms with Gasteiger partial charge in [-0.25, -0.2) is 4.98 Å². The van der Waals surface area contributed by atoms with Gasteiger partial charge < -0.3 is 14.4 Å². The highest BCUT2D eigenvalue weighted by Crippen LogP contribution is 2.23. The standard InChI is InChI=1S/C24H32N2O2/c1-17-9-10-18(2)23(14-17)28-13-6-5-11-26-22-16-20(4)19(3)15-21(22)25-24(26)8-7-12-27/h9-10,14-16,27H,5-8,11-13H2,1-4H3. The summed E-state index contributed by atoms with van der Waals surface area (Å²) in [7, 11) is 0. The lowest BCUT2D eigenvalue weighted by Crippen LogP contribution is -2.07. The molecule has 150 valence electrons. The first-order valence-electron chi connectivity index (χ1n) is 10.3. The quantitative estimate of drug-likeness (QED) is 0.528. The first-order valence-corrected chi connectivity index (χ1v) is 10.3. The molecule has 1 N–H and O–H groups in total. The maximum atomic E-state index is 9.22. The Kier molecular flexibility index (Phi) is 6.74. The lowest BCUT2D eigenvalue weighted by atomic mass is 10.1. The average Bonchev–Trinajstić information content (AvgIpc) is 2.99. The summed E-state index contributed by atoms with van der Waals surface area (Å²) >= 11 is 0. The summed E-state index contributed by atoms with van der Waals surface area (Å²) in [4.78, 5) is 4.84. The fourth-order valence-electron chi connectivity index (χ4n) is 3.52. The molecule has 0 aliphatic carbocycles. The number of imidazole rings is 1. The van der Waals surface area contributed by atoms with Gasteiger partial charge in [-0.2, -0.15) is 0 Å². The van der Waals surface area contributed by atoms with Crippen molar-refractivity contribution in [3.05, 3.63) is 58.4 Å². The van der Waals surface area contributed by atoms with Crippen LogP contribution in [0.2, 0.25) is 0 Å². The van der Waals surface area contributed by atoms with Crippen LogP contribution in [0.25, 0.3) is 11.0 Å². The van der Waals surface area contributed by atoms with Gasteiger partial charge in [-0.3, -0.25) is 0 Å². The molecular weight excluding hydrogens is 348 g/mol. The number of nitrogens with zero attached hydrogens (tertiary/aromatic N) is 2. The van der Waals surface area contributed by atoms with E-state index < -0.39 is 0 Å². The Hall–Kier alpha value is -2.33. The van der Waals surface area contributed by atoms with E-state index in [1.165, 1.54) is 27.8 Å². The monoisotopic (exact) mass is 380 g/mol. The van der Waals surface area contributed by atoms with Gasteiger partial charge in [-0.15, -0.1) is 0 Å². The van der Waals surface area contributed by atoms with Gasteiger partial charge in [0, 0.05) is 19.6 Å².